The van der Waals surface area contributed by atoms with Crippen molar-refractivity contribution in [3.05, 3.63) is 29.8 Å². The van der Waals surface area contributed by atoms with Crippen LogP contribution < -0.4 is 5.32 Å². The summed E-state index contributed by atoms with van der Waals surface area (Å²) in [6, 6.07) is 5.46. The second kappa shape index (κ2) is 7.98. The number of amides is 1. The topological polar surface area (TPSA) is 104 Å². The van der Waals surface area contributed by atoms with Crippen molar-refractivity contribution in [3.63, 3.8) is 0 Å². The van der Waals surface area contributed by atoms with Gasteiger partial charge in [0.1, 0.15) is 0 Å². The van der Waals surface area contributed by atoms with E-state index in [0.29, 0.717) is 31.8 Å². The molecule has 1 heterocycles. The van der Waals surface area contributed by atoms with Gasteiger partial charge in [-0.3, -0.25) is 4.79 Å². The molecular weight excluding hydrogens is 368 g/mol. The molecule has 27 heavy (non-hydrogen) atoms. The van der Waals surface area contributed by atoms with Crippen LogP contribution in [0.3, 0.4) is 0 Å². The number of aromatic carboxylic acids is 1. The average Bonchev–Trinajstić information content (AvgIpc) is 3.06. The fourth-order valence-corrected chi connectivity index (χ4v) is 5.41. The van der Waals surface area contributed by atoms with Crippen molar-refractivity contribution in [3.8, 4) is 0 Å². The number of carboxylic acids is 1. The number of nitrogens with one attached hydrogen (secondary N) is 1. The van der Waals surface area contributed by atoms with Crippen molar-refractivity contribution in [1.82, 2.24) is 9.62 Å². The highest BCUT2D eigenvalue weighted by Crippen LogP contribution is 2.27. The van der Waals surface area contributed by atoms with Crippen molar-refractivity contribution >= 4 is 21.9 Å². The van der Waals surface area contributed by atoms with E-state index in [2.05, 4.69) is 12.2 Å². The third-order valence-corrected chi connectivity index (χ3v) is 7.67. The van der Waals surface area contributed by atoms with E-state index in [1.165, 1.54) is 28.6 Å². The minimum atomic E-state index is -3.68. The van der Waals surface area contributed by atoms with Gasteiger partial charge in [0.2, 0.25) is 15.9 Å². The quantitative estimate of drug-likeness (QED) is 0.796. The zero-order chi connectivity index (χ0) is 19.6. The molecule has 1 aromatic rings. The van der Waals surface area contributed by atoms with Gasteiger partial charge < -0.3 is 10.4 Å². The summed E-state index contributed by atoms with van der Waals surface area (Å²) < 4.78 is 26.9. The van der Waals surface area contributed by atoms with Crippen molar-refractivity contribution in [1.29, 1.82) is 0 Å². The average molecular weight is 394 g/mol. The number of hydrogen-bond acceptors (Lipinski definition) is 4. The van der Waals surface area contributed by atoms with Crippen LogP contribution in [0.15, 0.2) is 29.2 Å². The Morgan fingerprint density at radius 1 is 1.07 bits per heavy atom. The molecule has 0 bridgehead atoms. The Kier molecular flexibility index (Phi) is 5.86. The maximum absolute atomic E-state index is 12.7. The van der Waals surface area contributed by atoms with E-state index in [9.17, 15) is 18.0 Å². The van der Waals surface area contributed by atoms with E-state index < -0.39 is 16.0 Å². The van der Waals surface area contributed by atoms with Gasteiger partial charge in [0.25, 0.3) is 0 Å². The molecule has 2 fully saturated rings. The Hall–Kier alpha value is -1.93. The fourth-order valence-electron chi connectivity index (χ4n) is 3.94. The standard InChI is InChI=1S/C19H26N2O5S/c1-13-3-2-4-17(13)20-18(22)14-9-11-21(12-10-14)27(25,26)16-7-5-15(6-8-16)19(23)24/h5-8,13-14,17H,2-4,9-12H2,1H3,(H,20,22)(H,23,24). The summed E-state index contributed by atoms with van der Waals surface area (Å²) >= 11 is 0. The Balaban J connectivity index is 1.59. The van der Waals surface area contributed by atoms with E-state index in [-0.39, 0.29) is 28.3 Å². The molecule has 2 aliphatic rings. The summed E-state index contributed by atoms with van der Waals surface area (Å²) in [5, 5.41) is 12.1. The highest BCUT2D eigenvalue weighted by atomic mass is 32.2. The Bertz CT molecular complexity index is 798. The number of rotatable bonds is 5. The maximum Gasteiger partial charge on any atom is 0.335 e. The zero-order valence-electron chi connectivity index (χ0n) is 15.4. The second-order valence-corrected chi connectivity index (χ2v) is 9.47. The van der Waals surface area contributed by atoms with Crippen molar-refractivity contribution < 1.29 is 23.1 Å². The molecular formula is C19H26N2O5S. The predicted molar refractivity (Wildman–Crippen MR) is 99.8 cm³/mol. The Morgan fingerprint density at radius 3 is 2.22 bits per heavy atom. The molecule has 2 unspecified atom stereocenters. The van der Waals surface area contributed by atoms with Crippen LogP contribution in [-0.4, -0.2) is 48.8 Å². The minimum absolute atomic E-state index is 0.0385. The van der Waals surface area contributed by atoms with Gasteiger partial charge in [0.15, 0.2) is 0 Å². The lowest BCUT2D eigenvalue weighted by molar-refractivity contribution is -0.127. The van der Waals surface area contributed by atoms with Crippen molar-refractivity contribution in [2.24, 2.45) is 11.8 Å². The highest BCUT2D eigenvalue weighted by Gasteiger charge is 2.34. The summed E-state index contributed by atoms with van der Waals surface area (Å²) in [4.78, 5) is 23.5. The van der Waals surface area contributed by atoms with Crippen LogP contribution in [0, 0.1) is 11.8 Å². The molecule has 1 saturated carbocycles. The van der Waals surface area contributed by atoms with Crippen LogP contribution in [0.5, 0.6) is 0 Å². The lowest BCUT2D eigenvalue weighted by atomic mass is 9.96. The molecule has 0 aromatic heterocycles. The van der Waals surface area contributed by atoms with Gasteiger partial charge in [0.05, 0.1) is 10.5 Å². The molecule has 1 aromatic carbocycles. The molecule has 3 rings (SSSR count). The first-order valence-corrected chi connectivity index (χ1v) is 10.9. The SMILES string of the molecule is CC1CCCC1NC(=O)C1CCN(S(=O)(=O)c2ccc(C(=O)O)cc2)CC1. The smallest absolute Gasteiger partial charge is 0.335 e. The van der Waals surface area contributed by atoms with Gasteiger partial charge >= 0.3 is 5.97 Å². The lowest BCUT2D eigenvalue weighted by Crippen LogP contribution is -2.45. The number of carbonyl (C=O) groups is 2. The third kappa shape index (κ3) is 4.32. The molecule has 1 saturated heterocycles. The number of piperidine rings is 1. The molecule has 0 spiro atoms. The van der Waals surface area contributed by atoms with Gasteiger partial charge in [-0.15, -0.1) is 0 Å². The molecule has 1 amide bonds. The van der Waals surface area contributed by atoms with Gasteiger partial charge in [-0.25, -0.2) is 13.2 Å². The minimum Gasteiger partial charge on any atom is -0.478 e. The normalized spacial score (nSPS) is 24.6. The van der Waals surface area contributed by atoms with Gasteiger partial charge in [-0.1, -0.05) is 13.3 Å². The number of benzene rings is 1. The van der Waals surface area contributed by atoms with Crippen LogP contribution in [-0.2, 0) is 14.8 Å². The van der Waals surface area contributed by atoms with E-state index in [1.807, 2.05) is 0 Å². The first kappa shape index (κ1) is 19.8. The Morgan fingerprint density at radius 2 is 1.70 bits per heavy atom. The summed E-state index contributed by atoms with van der Waals surface area (Å²) in [7, 11) is -3.68. The summed E-state index contributed by atoms with van der Waals surface area (Å²) in [5.74, 6) is -0.708. The molecule has 7 nitrogen and oxygen atoms in total. The van der Waals surface area contributed by atoms with E-state index >= 15 is 0 Å². The van der Waals surface area contributed by atoms with E-state index in [4.69, 9.17) is 5.11 Å². The van der Waals surface area contributed by atoms with Gasteiger partial charge in [-0.05, 0) is 55.9 Å². The van der Waals surface area contributed by atoms with Crippen molar-refractivity contribution in [2.45, 2.75) is 50.0 Å². The number of carboxylic acid groups (broad SMARTS) is 1. The molecule has 1 aliphatic carbocycles. The van der Waals surface area contributed by atoms with E-state index in [0.717, 1.165) is 19.3 Å². The Labute approximate surface area is 159 Å². The van der Waals surface area contributed by atoms with Crippen LogP contribution in [0.4, 0.5) is 0 Å². The van der Waals surface area contributed by atoms with Gasteiger partial charge in [0, 0.05) is 25.0 Å². The third-order valence-electron chi connectivity index (χ3n) is 5.75. The fraction of sp³-hybridized carbons (Fsp3) is 0.579. The molecule has 2 N–H and O–H groups in total. The summed E-state index contributed by atoms with van der Waals surface area (Å²) in [6.45, 7) is 2.74. The highest BCUT2D eigenvalue weighted by molar-refractivity contribution is 7.89. The summed E-state index contributed by atoms with van der Waals surface area (Å²) in [5.41, 5.74) is 0.0467. The maximum atomic E-state index is 12.7. The first-order valence-electron chi connectivity index (χ1n) is 9.43. The van der Waals surface area contributed by atoms with Crippen LogP contribution in [0.2, 0.25) is 0 Å². The lowest BCUT2D eigenvalue weighted by Gasteiger charge is -2.31. The van der Waals surface area contributed by atoms with E-state index in [1.54, 1.807) is 0 Å². The van der Waals surface area contributed by atoms with Gasteiger partial charge in [-0.2, -0.15) is 4.31 Å². The largest absolute Gasteiger partial charge is 0.478 e. The molecule has 1 aliphatic heterocycles. The first-order chi connectivity index (χ1) is 12.8. The summed E-state index contributed by atoms with van der Waals surface area (Å²) in [6.07, 6.45) is 4.30. The van der Waals surface area contributed by atoms with Crippen LogP contribution in [0.25, 0.3) is 0 Å². The van der Waals surface area contributed by atoms with Crippen molar-refractivity contribution in [2.75, 3.05) is 13.1 Å². The zero-order valence-corrected chi connectivity index (χ0v) is 16.2. The number of hydrogen-bond donors (Lipinski definition) is 2. The number of nitrogens with zero attached hydrogens (tertiary/aromatic N) is 1. The predicted octanol–water partition coefficient (Wildman–Crippen LogP) is 2.09. The molecule has 2 atom stereocenters. The second-order valence-electron chi connectivity index (χ2n) is 7.53. The number of carbonyl (C=O) groups excluding carboxylic acids is 1. The molecule has 148 valence electrons. The van der Waals surface area contributed by atoms with Crippen LogP contribution >= 0.6 is 0 Å². The van der Waals surface area contributed by atoms with Crippen LogP contribution in [0.1, 0.15) is 49.4 Å². The molecule has 0 radical (unpaired) electrons. The monoisotopic (exact) mass is 394 g/mol. The molecule has 8 heteroatoms. The number of sulfonamides is 1.